The van der Waals surface area contributed by atoms with Gasteiger partial charge >= 0.3 is 0 Å². The molecule has 15 heavy (non-hydrogen) atoms. The highest BCUT2D eigenvalue weighted by molar-refractivity contribution is 5.85. The molecule has 0 unspecified atom stereocenters. The van der Waals surface area contributed by atoms with Gasteiger partial charge in [0.25, 0.3) is 0 Å². The third-order valence-corrected chi connectivity index (χ3v) is 2.01. The molecule has 0 aliphatic heterocycles. The molecular weight excluding hydrogens is 180 g/mol. The van der Waals surface area contributed by atoms with Gasteiger partial charge in [0.2, 0.25) is 0 Å². The van der Waals surface area contributed by atoms with E-state index in [-0.39, 0.29) is 0 Å². The summed E-state index contributed by atoms with van der Waals surface area (Å²) in [6.45, 7) is 8.64. The first-order valence-electron chi connectivity index (χ1n) is 5.55. The Morgan fingerprint density at radius 3 is 1.93 bits per heavy atom. The molecular formula is C15H20. The van der Waals surface area contributed by atoms with Crippen molar-refractivity contribution >= 4 is 10.8 Å². The second-order valence-corrected chi connectivity index (χ2v) is 4.53. The summed E-state index contributed by atoms with van der Waals surface area (Å²) in [5, 5.41) is 2.68. The molecule has 0 spiro atoms. The lowest BCUT2D eigenvalue weighted by atomic mass is 10.1. The summed E-state index contributed by atoms with van der Waals surface area (Å²) in [6.07, 6.45) is 0. The molecule has 0 aliphatic rings. The Kier molecular flexibility index (Phi) is 4.36. The molecule has 0 bridgehead atoms. The fourth-order valence-electron chi connectivity index (χ4n) is 1.39. The molecule has 0 fully saturated rings. The molecule has 0 aliphatic carbocycles. The third kappa shape index (κ3) is 3.75. The van der Waals surface area contributed by atoms with Gasteiger partial charge in [-0.3, -0.25) is 0 Å². The summed E-state index contributed by atoms with van der Waals surface area (Å²) >= 11 is 0. The van der Waals surface area contributed by atoms with Crippen LogP contribution in [0.4, 0.5) is 0 Å². The van der Waals surface area contributed by atoms with E-state index >= 15 is 0 Å². The summed E-state index contributed by atoms with van der Waals surface area (Å²) in [5.74, 6) is 0.833. The van der Waals surface area contributed by atoms with Gasteiger partial charge in [0.15, 0.2) is 0 Å². The van der Waals surface area contributed by atoms with Crippen LogP contribution in [0.1, 0.15) is 26.3 Å². The Labute approximate surface area is 92.9 Å². The lowest BCUT2D eigenvalue weighted by Gasteiger charge is -1.98. The Hall–Kier alpha value is -1.30. The molecule has 2 rings (SSSR count). The Balaban J connectivity index is 0.000000245. The SMILES string of the molecule is CC(C)C.Cc1cccc2ccccc12. The van der Waals surface area contributed by atoms with Crippen LogP contribution in [0.2, 0.25) is 0 Å². The van der Waals surface area contributed by atoms with Gasteiger partial charge in [0, 0.05) is 0 Å². The van der Waals surface area contributed by atoms with Crippen LogP contribution in [0.25, 0.3) is 10.8 Å². The van der Waals surface area contributed by atoms with Gasteiger partial charge in [-0.25, -0.2) is 0 Å². The van der Waals surface area contributed by atoms with Crippen molar-refractivity contribution in [2.75, 3.05) is 0 Å². The van der Waals surface area contributed by atoms with E-state index in [2.05, 4.69) is 70.2 Å². The van der Waals surface area contributed by atoms with Crippen molar-refractivity contribution in [3.63, 3.8) is 0 Å². The smallest absolute Gasteiger partial charge is 0.0155 e. The maximum absolute atomic E-state index is 2.17. The van der Waals surface area contributed by atoms with Crippen molar-refractivity contribution in [1.82, 2.24) is 0 Å². The maximum Gasteiger partial charge on any atom is -0.0155 e. The van der Waals surface area contributed by atoms with Crippen LogP contribution in [0.5, 0.6) is 0 Å². The molecule has 0 heterocycles. The fourth-order valence-corrected chi connectivity index (χ4v) is 1.39. The monoisotopic (exact) mass is 200 g/mol. The molecule has 0 nitrogen and oxygen atoms in total. The van der Waals surface area contributed by atoms with Gasteiger partial charge in [-0.1, -0.05) is 63.2 Å². The van der Waals surface area contributed by atoms with E-state index in [9.17, 15) is 0 Å². The van der Waals surface area contributed by atoms with Crippen molar-refractivity contribution in [3.05, 3.63) is 48.0 Å². The predicted octanol–water partition coefficient (Wildman–Crippen LogP) is 4.81. The normalized spacial score (nSPS) is 9.93. The van der Waals surface area contributed by atoms with Gasteiger partial charge in [-0.2, -0.15) is 0 Å². The molecule has 2 aromatic rings. The van der Waals surface area contributed by atoms with Gasteiger partial charge < -0.3 is 0 Å². The zero-order valence-corrected chi connectivity index (χ0v) is 10.1. The van der Waals surface area contributed by atoms with Crippen molar-refractivity contribution in [2.24, 2.45) is 5.92 Å². The minimum absolute atomic E-state index is 0.833. The summed E-state index contributed by atoms with van der Waals surface area (Å²) in [6, 6.07) is 14.8. The van der Waals surface area contributed by atoms with Gasteiger partial charge in [-0.05, 0) is 29.2 Å². The molecule has 0 amide bonds. The topological polar surface area (TPSA) is 0 Å². The molecule has 0 aromatic heterocycles. The predicted molar refractivity (Wildman–Crippen MR) is 69.2 cm³/mol. The molecule has 0 atom stereocenters. The third-order valence-electron chi connectivity index (χ3n) is 2.01. The number of hydrogen-bond donors (Lipinski definition) is 0. The van der Waals surface area contributed by atoms with Crippen LogP contribution >= 0.6 is 0 Å². The number of benzene rings is 2. The van der Waals surface area contributed by atoms with E-state index in [1.165, 1.54) is 16.3 Å². The molecule has 2 aromatic carbocycles. The average Bonchev–Trinajstić information content (AvgIpc) is 2.18. The fraction of sp³-hybridized carbons (Fsp3) is 0.333. The highest BCUT2D eigenvalue weighted by Gasteiger charge is 1.92. The van der Waals surface area contributed by atoms with Gasteiger partial charge in [0.1, 0.15) is 0 Å². The standard InChI is InChI=1S/C11H10.C4H10/c1-9-5-4-7-10-6-2-3-8-11(9)10;1-4(2)3/h2-8H,1H3;4H,1-3H3. The first-order chi connectivity index (χ1) is 7.11. The molecule has 0 N–H and O–H groups in total. The van der Waals surface area contributed by atoms with Crippen molar-refractivity contribution in [2.45, 2.75) is 27.7 Å². The number of fused-ring (bicyclic) bond motifs is 1. The minimum atomic E-state index is 0.833. The second-order valence-electron chi connectivity index (χ2n) is 4.53. The molecule has 0 radical (unpaired) electrons. The maximum atomic E-state index is 2.17. The van der Waals surface area contributed by atoms with Crippen LogP contribution in [0, 0.1) is 12.8 Å². The van der Waals surface area contributed by atoms with E-state index in [0.717, 1.165) is 5.92 Å². The van der Waals surface area contributed by atoms with Crippen LogP contribution < -0.4 is 0 Å². The van der Waals surface area contributed by atoms with E-state index in [1.807, 2.05) is 0 Å². The van der Waals surface area contributed by atoms with Crippen LogP contribution in [0.15, 0.2) is 42.5 Å². The summed E-state index contributed by atoms with van der Waals surface area (Å²) in [5.41, 5.74) is 1.35. The quantitative estimate of drug-likeness (QED) is 0.572. The largest absolute Gasteiger partial charge is 0.0630 e. The van der Waals surface area contributed by atoms with E-state index in [4.69, 9.17) is 0 Å². The average molecular weight is 200 g/mol. The molecule has 0 saturated heterocycles. The van der Waals surface area contributed by atoms with E-state index < -0.39 is 0 Å². The van der Waals surface area contributed by atoms with Crippen molar-refractivity contribution < 1.29 is 0 Å². The molecule has 0 saturated carbocycles. The second kappa shape index (κ2) is 5.55. The highest BCUT2D eigenvalue weighted by Crippen LogP contribution is 2.16. The lowest BCUT2D eigenvalue weighted by Crippen LogP contribution is -1.75. The Morgan fingerprint density at radius 1 is 0.800 bits per heavy atom. The van der Waals surface area contributed by atoms with Gasteiger partial charge in [-0.15, -0.1) is 0 Å². The minimum Gasteiger partial charge on any atom is -0.0630 e. The zero-order chi connectivity index (χ0) is 11.3. The van der Waals surface area contributed by atoms with E-state index in [1.54, 1.807) is 0 Å². The summed E-state index contributed by atoms with van der Waals surface area (Å²) in [7, 11) is 0. The molecule has 80 valence electrons. The Morgan fingerprint density at radius 2 is 1.33 bits per heavy atom. The van der Waals surface area contributed by atoms with E-state index in [0.29, 0.717) is 0 Å². The van der Waals surface area contributed by atoms with Crippen LogP contribution in [-0.2, 0) is 0 Å². The highest BCUT2D eigenvalue weighted by atomic mass is 14.0. The van der Waals surface area contributed by atoms with Crippen molar-refractivity contribution in [1.29, 1.82) is 0 Å². The Bertz CT molecular complexity index is 405. The van der Waals surface area contributed by atoms with Crippen LogP contribution in [-0.4, -0.2) is 0 Å². The number of aryl methyl sites for hydroxylation is 1. The van der Waals surface area contributed by atoms with Crippen LogP contribution in [0.3, 0.4) is 0 Å². The summed E-state index contributed by atoms with van der Waals surface area (Å²) in [4.78, 5) is 0. The summed E-state index contributed by atoms with van der Waals surface area (Å²) < 4.78 is 0. The number of hydrogen-bond acceptors (Lipinski definition) is 0. The number of rotatable bonds is 0. The molecule has 0 heteroatoms. The first kappa shape index (κ1) is 11.8. The lowest BCUT2D eigenvalue weighted by molar-refractivity contribution is 0.737. The zero-order valence-electron chi connectivity index (χ0n) is 10.1. The first-order valence-corrected chi connectivity index (χ1v) is 5.55. The van der Waals surface area contributed by atoms with Gasteiger partial charge in [0.05, 0.1) is 0 Å². The van der Waals surface area contributed by atoms with Crippen molar-refractivity contribution in [3.8, 4) is 0 Å².